The Kier molecular flexibility index (Phi) is 4.40. The van der Waals surface area contributed by atoms with Gasteiger partial charge in [-0.3, -0.25) is 0 Å². The van der Waals surface area contributed by atoms with Crippen LogP contribution in [0.25, 0.3) is 22.4 Å². The van der Waals surface area contributed by atoms with E-state index in [4.69, 9.17) is 4.98 Å². The van der Waals surface area contributed by atoms with Crippen LogP contribution in [0.3, 0.4) is 0 Å². The predicted octanol–water partition coefficient (Wildman–Crippen LogP) is 5.27. The first-order chi connectivity index (χ1) is 10.9. The molecular weight excluding hydrogens is 339 g/mol. The van der Waals surface area contributed by atoms with Crippen LogP contribution in [0.1, 0.15) is 5.56 Å². The van der Waals surface area contributed by atoms with Crippen molar-refractivity contribution in [1.82, 2.24) is 4.98 Å². The number of aromatic nitrogens is 1. The molecule has 0 amide bonds. The molecule has 1 heterocycles. The van der Waals surface area contributed by atoms with Crippen molar-refractivity contribution < 1.29 is 0 Å². The molecule has 116 valence electrons. The van der Waals surface area contributed by atoms with Gasteiger partial charge in [-0.1, -0.05) is 0 Å². The van der Waals surface area contributed by atoms with Crippen molar-refractivity contribution in [2.45, 2.75) is 24.2 Å². The number of nitrogens with zero attached hydrogens (tertiary/aromatic N) is 1. The van der Waals surface area contributed by atoms with Gasteiger partial charge in [0.25, 0.3) is 0 Å². The summed E-state index contributed by atoms with van der Waals surface area (Å²) in [5.41, 5.74) is 6.09. The number of aryl methyl sites for hydroxylation is 1. The average molecular weight is 362 g/mol. The van der Waals surface area contributed by atoms with Crippen molar-refractivity contribution in [2.24, 2.45) is 0 Å². The quantitative estimate of drug-likeness (QED) is 0.579. The monoisotopic (exact) mass is 363 g/mol. The Labute approximate surface area is 141 Å². The summed E-state index contributed by atoms with van der Waals surface area (Å²) < 4.78 is 1.45. The summed E-state index contributed by atoms with van der Waals surface area (Å²) in [4.78, 5) is 4.71. The van der Waals surface area contributed by atoms with Crippen molar-refractivity contribution in [3.63, 3.8) is 0 Å². The summed E-state index contributed by atoms with van der Waals surface area (Å²) >= 11 is -1.78. The van der Waals surface area contributed by atoms with Gasteiger partial charge in [-0.05, 0) is 0 Å². The summed E-state index contributed by atoms with van der Waals surface area (Å²) in [5.74, 6) is 7.19. The van der Waals surface area contributed by atoms with E-state index >= 15 is 0 Å². The molecule has 1 nitrogen and oxygen atoms in total. The van der Waals surface area contributed by atoms with E-state index in [1.165, 1.54) is 26.6 Å². The Morgan fingerprint density at radius 3 is 2.09 bits per heavy atom. The molecule has 0 aliphatic heterocycles. The zero-order valence-electron chi connectivity index (χ0n) is 14.3. The maximum atomic E-state index is 4.71. The van der Waals surface area contributed by atoms with E-state index in [1.54, 1.807) is 0 Å². The Hall–Kier alpha value is -1.87. The van der Waals surface area contributed by atoms with Crippen LogP contribution < -0.4 is 4.40 Å². The van der Waals surface area contributed by atoms with Gasteiger partial charge in [0.05, 0.1) is 0 Å². The molecule has 0 saturated heterocycles. The molecule has 0 aliphatic rings. The van der Waals surface area contributed by atoms with Crippen molar-refractivity contribution in [3.8, 4) is 22.4 Å². The third-order valence-electron chi connectivity index (χ3n) is 4.24. The molecule has 2 aromatic carbocycles. The minimum absolute atomic E-state index is 1.06. The van der Waals surface area contributed by atoms with Crippen LogP contribution in [0.5, 0.6) is 0 Å². The number of benzene rings is 2. The summed E-state index contributed by atoms with van der Waals surface area (Å²) in [7, 11) is 0. The van der Waals surface area contributed by atoms with Crippen molar-refractivity contribution in [3.05, 3.63) is 72.4 Å². The molecule has 0 atom stereocenters. The van der Waals surface area contributed by atoms with E-state index in [-0.39, 0.29) is 0 Å². The van der Waals surface area contributed by atoms with Gasteiger partial charge >= 0.3 is 142 Å². The SMILES string of the molecule is Cc1cc(-c2cc[c]([Ge]([CH3])([CH3])[CH3])cn2)ccc1-c1ccccc1. The maximum absolute atomic E-state index is 4.71. The molecule has 0 saturated carbocycles. The Balaban J connectivity index is 1.94. The molecule has 0 aliphatic carbocycles. The first-order valence-corrected chi connectivity index (χ1v) is 15.4. The molecule has 0 unspecified atom stereocenters. The minimum atomic E-state index is -1.78. The van der Waals surface area contributed by atoms with Crippen LogP contribution in [0.2, 0.25) is 17.3 Å². The molecule has 3 rings (SSSR count). The van der Waals surface area contributed by atoms with Gasteiger partial charge in [0.2, 0.25) is 0 Å². The van der Waals surface area contributed by atoms with E-state index in [0.29, 0.717) is 0 Å². The van der Waals surface area contributed by atoms with E-state index in [9.17, 15) is 0 Å². The van der Waals surface area contributed by atoms with Gasteiger partial charge < -0.3 is 0 Å². The number of rotatable bonds is 3. The summed E-state index contributed by atoms with van der Waals surface area (Å²) in [6.07, 6.45) is 2.08. The van der Waals surface area contributed by atoms with Crippen LogP contribution in [0.15, 0.2) is 66.9 Å². The van der Waals surface area contributed by atoms with Gasteiger partial charge in [-0.15, -0.1) is 0 Å². The van der Waals surface area contributed by atoms with Crippen LogP contribution in [0.4, 0.5) is 0 Å². The fraction of sp³-hybridized carbons (Fsp3) is 0.190. The predicted molar refractivity (Wildman–Crippen MR) is 103 cm³/mol. The van der Waals surface area contributed by atoms with Crippen molar-refractivity contribution >= 4 is 17.7 Å². The van der Waals surface area contributed by atoms with Crippen LogP contribution in [0, 0.1) is 6.92 Å². The average Bonchev–Trinajstić information content (AvgIpc) is 2.55. The normalized spacial score (nSPS) is 11.5. The molecular formula is C21H23GeN. The molecule has 0 N–H and O–H groups in total. The molecule has 0 bridgehead atoms. The second-order valence-corrected chi connectivity index (χ2v) is 17.7. The van der Waals surface area contributed by atoms with E-state index in [0.717, 1.165) is 5.69 Å². The summed E-state index contributed by atoms with van der Waals surface area (Å²) in [5, 5.41) is 0. The zero-order valence-corrected chi connectivity index (χ0v) is 16.4. The van der Waals surface area contributed by atoms with Gasteiger partial charge in [0.1, 0.15) is 0 Å². The Morgan fingerprint density at radius 2 is 1.52 bits per heavy atom. The second-order valence-electron chi connectivity index (χ2n) is 7.08. The van der Waals surface area contributed by atoms with Crippen LogP contribution >= 0.6 is 0 Å². The van der Waals surface area contributed by atoms with E-state index < -0.39 is 13.3 Å². The molecule has 1 aromatic heterocycles. The summed E-state index contributed by atoms with van der Waals surface area (Å²) in [6, 6.07) is 21.6. The van der Waals surface area contributed by atoms with Gasteiger partial charge in [0.15, 0.2) is 0 Å². The van der Waals surface area contributed by atoms with E-state index in [1.807, 2.05) is 0 Å². The number of hydrogen-bond donors (Lipinski definition) is 0. The number of pyridine rings is 1. The topological polar surface area (TPSA) is 12.9 Å². The molecule has 23 heavy (non-hydrogen) atoms. The Morgan fingerprint density at radius 1 is 0.783 bits per heavy atom. The molecule has 0 fully saturated rings. The molecule has 2 heteroatoms. The van der Waals surface area contributed by atoms with Crippen molar-refractivity contribution in [2.75, 3.05) is 0 Å². The fourth-order valence-electron chi connectivity index (χ4n) is 2.77. The van der Waals surface area contributed by atoms with Gasteiger partial charge in [-0.2, -0.15) is 0 Å². The summed E-state index contributed by atoms with van der Waals surface area (Å²) in [6.45, 7) is 2.17. The van der Waals surface area contributed by atoms with Gasteiger partial charge in [0, 0.05) is 0 Å². The van der Waals surface area contributed by atoms with Crippen LogP contribution in [-0.2, 0) is 0 Å². The van der Waals surface area contributed by atoms with Crippen molar-refractivity contribution in [1.29, 1.82) is 0 Å². The third-order valence-corrected chi connectivity index (χ3v) is 8.49. The first-order valence-electron chi connectivity index (χ1n) is 8.08. The zero-order chi connectivity index (χ0) is 16.4. The fourth-order valence-corrected chi connectivity index (χ4v) is 4.94. The number of hydrogen-bond acceptors (Lipinski definition) is 1. The van der Waals surface area contributed by atoms with E-state index in [2.05, 4.69) is 91.1 Å². The standard InChI is InChI=1S/C21H23GeN/c1-16-14-18(10-12-20(16)17-8-6-5-7-9-17)21-13-11-19(15-23-21)22(2,3)4/h5-15H,1-4H3. The van der Waals surface area contributed by atoms with Gasteiger partial charge in [-0.25, -0.2) is 0 Å². The molecule has 0 radical (unpaired) electrons. The molecule has 3 aromatic rings. The first kappa shape index (κ1) is 16.0. The van der Waals surface area contributed by atoms with Crippen LogP contribution in [-0.4, -0.2) is 18.3 Å². The third kappa shape index (κ3) is 3.56. The second kappa shape index (κ2) is 6.33. The molecule has 0 spiro atoms. The Bertz CT molecular complexity index is 799.